The van der Waals surface area contributed by atoms with Crippen LogP contribution in [0.4, 0.5) is 5.69 Å². The largest absolute Gasteiger partial charge is 0.493 e. The molecule has 0 radical (unpaired) electrons. The van der Waals surface area contributed by atoms with Crippen molar-refractivity contribution in [1.29, 1.82) is 0 Å². The van der Waals surface area contributed by atoms with Gasteiger partial charge < -0.3 is 10.1 Å². The van der Waals surface area contributed by atoms with Crippen LogP contribution in [0.5, 0.6) is 5.88 Å². The first-order valence-electron chi connectivity index (χ1n) is 7.43. The maximum Gasteiger partial charge on any atom is 0.313 e. The Labute approximate surface area is 150 Å². The van der Waals surface area contributed by atoms with Crippen molar-refractivity contribution >= 4 is 49.2 Å². The lowest BCUT2D eigenvalue weighted by atomic mass is 10.1. The van der Waals surface area contributed by atoms with Gasteiger partial charge in [0.15, 0.2) is 5.69 Å². The number of pyridine rings is 1. The van der Waals surface area contributed by atoms with Crippen LogP contribution in [0, 0.1) is 0 Å². The van der Waals surface area contributed by atoms with Crippen LogP contribution in [-0.4, -0.2) is 21.0 Å². The fraction of sp³-hybridized carbons (Fsp3) is 0. The second-order valence-electron chi connectivity index (χ2n) is 5.43. The molecule has 0 atom stereocenters. The summed E-state index contributed by atoms with van der Waals surface area (Å²) >= 11 is 3.37. The Hall–Kier alpha value is -3.06. The number of rotatable bonds is 2. The van der Waals surface area contributed by atoms with Gasteiger partial charge in [0.05, 0.1) is 5.52 Å². The number of H-pyrrole nitrogens is 1. The first kappa shape index (κ1) is 15.5. The molecule has 2 N–H and O–H groups in total. The molecule has 6 nitrogen and oxygen atoms in total. The number of fused-ring (bicyclic) bond motifs is 2. The van der Waals surface area contributed by atoms with Crippen LogP contribution in [0.3, 0.4) is 0 Å². The summed E-state index contributed by atoms with van der Waals surface area (Å²) in [6.45, 7) is 0. The number of nitrogens with one attached hydrogen (secondary N) is 1. The van der Waals surface area contributed by atoms with Crippen molar-refractivity contribution in [3.8, 4) is 5.88 Å². The van der Waals surface area contributed by atoms with Gasteiger partial charge in [0.2, 0.25) is 5.88 Å². The highest BCUT2D eigenvalue weighted by Gasteiger charge is 2.12. The number of hydrogen-bond acceptors (Lipinski definition) is 4. The average molecular weight is 395 g/mol. The van der Waals surface area contributed by atoms with Crippen LogP contribution < -0.4 is 0 Å². The number of hydrogen-bond donors (Lipinski definition) is 2. The summed E-state index contributed by atoms with van der Waals surface area (Å²) in [7, 11) is 0. The predicted molar refractivity (Wildman–Crippen MR) is 98.3 cm³/mol. The quantitative estimate of drug-likeness (QED) is 0.462. The van der Waals surface area contributed by atoms with Crippen molar-refractivity contribution in [2.75, 3.05) is 0 Å². The molecule has 2 aromatic heterocycles. The van der Waals surface area contributed by atoms with Crippen LogP contribution in [0.1, 0.15) is 10.5 Å². The van der Waals surface area contributed by atoms with E-state index >= 15 is 0 Å². The Balaban J connectivity index is 1.70. The summed E-state index contributed by atoms with van der Waals surface area (Å²) < 4.78 is 0.831. The molecule has 0 saturated carbocycles. The Morgan fingerprint density at radius 2 is 1.92 bits per heavy atom. The van der Waals surface area contributed by atoms with Gasteiger partial charge in [0.1, 0.15) is 5.69 Å². The fourth-order valence-corrected chi connectivity index (χ4v) is 2.95. The standard InChI is InChI=1S/C18H11BrN4O2/c19-12-5-6-14-13(8-12)16(18(25)21-14)22-23-17(24)15-7-10-3-1-2-4-11(10)9-20-15/h1-9,21,25H. The number of carbonyl (C=O) groups excluding carboxylic acids is 1. The number of halogens is 1. The normalized spacial score (nSPS) is 11.6. The minimum atomic E-state index is -0.575. The van der Waals surface area contributed by atoms with Crippen molar-refractivity contribution < 1.29 is 9.90 Å². The summed E-state index contributed by atoms with van der Waals surface area (Å²) in [6.07, 6.45) is 1.62. The average Bonchev–Trinajstić information content (AvgIpc) is 2.93. The maximum atomic E-state index is 12.3. The second-order valence-corrected chi connectivity index (χ2v) is 6.35. The second kappa shape index (κ2) is 6.10. The third-order valence-electron chi connectivity index (χ3n) is 3.81. The first-order chi connectivity index (χ1) is 12.1. The predicted octanol–water partition coefficient (Wildman–Crippen LogP) is 5.11. The van der Waals surface area contributed by atoms with E-state index in [1.807, 2.05) is 30.3 Å². The molecule has 0 saturated heterocycles. The van der Waals surface area contributed by atoms with E-state index in [2.05, 4.69) is 36.1 Å². The lowest BCUT2D eigenvalue weighted by Gasteiger charge is -1.98. The molecule has 7 heteroatoms. The number of nitrogens with zero attached hydrogens (tertiary/aromatic N) is 3. The van der Waals surface area contributed by atoms with Crippen LogP contribution in [0.25, 0.3) is 21.7 Å². The number of aromatic amines is 1. The van der Waals surface area contributed by atoms with Crippen LogP contribution >= 0.6 is 15.9 Å². The minimum absolute atomic E-state index is 0.142. The molecule has 1 amide bonds. The monoisotopic (exact) mass is 394 g/mol. The molecule has 4 aromatic rings. The number of amides is 1. The Morgan fingerprint density at radius 3 is 2.76 bits per heavy atom. The molecule has 0 aliphatic carbocycles. The topological polar surface area (TPSA) is 90.7 Å². The number of aromatic nitrogens is 2. The maximum absolute atomic E-state index is 12.3. The van der Waals surface area contributed by atoms with Crippen molar-refractivity contribution in [3.63, 3.8) is 0 Å². The number of carbonyl (C=O) groups is 1. The van der Waals surface area contributed by atoms with Crippen LogP contribution in [-0.2, 0) is 0 Å². The lowest BCUT2D eigenvalue weighted by molar-refractivity contribution is 0.0990. The van der Waals surface area contributed by atoms with E-state index in [9.17, 15) is 9.90 Å². The first-order valence-corrected chi connectivity index (χ1v) is 8.22. The smallest absolute Gasteiger partial charge is 0.313 e. The van der Waals surface area contributed by atoms with Crippen molar-refractivity contribution in [2.45, 2.75) is 0 Å². The molecule has 2 aromatic carbocycles. The molecule has 122 valence electrons. The van der Waals surface area contributed by atoms with E-state index in [0.29, 0.717) is 10.9 Å². The Kier molecular flexibility index (Phi) is 3.77. The molecule has 0 fully saturated rings. The summed E-state index contributed by atoms with van der Waals surface area (Å²) in [5, 5.41) is 20.1. The summed E-state index contributed by atoms with van der Waals surface area (Å²) in [5.74, 6) is -0.717. The number of azo groups is 1. The molecule has 25 heavy (non-hydrogen) atoms. The molecule has 0 bridgehead atoms. The molecule has 0 aliphatic heterocycles. The van der Waals surface area contributed by atoms with E-state index < -0.39 is 5.91 Å². The van der Waals surface area contributed by atoms with Crippen molar-refractivity contribution in [3.05, 3.63) is 64.9 Å². The Bertz CT molecular complexity index is 1150. The van der Waals surface area contributed by atoms with Gasteiger partial charge in [0.25, 0.3) is 0 Å². The molecule has 0 spiro atoms. The van der Waals surface area contributed by atoms with Gasteiger partial charge in [-0.3, -0.25) is 9.78 Å². The minimum Gasteiger partial charge on any atom is -0.493 e. The lowest BCUT2D eigenvalue weighted by Crippen LogP contribution is -1.97. The zero-order chi connectivity index (χ0) is 17.4. The van der Waals surface area contributed by atoms with Crippen LogP contribution in [0.15, 0.2) is 69.4 Å². The van der Waals surface area contributed by atoms with Gasteiger partial charge in [-0.2, -0.15) is 0 Å². The summed E-state index contributed by atoms with van der Waals surface area (Å²) in [5.41, 5.74) is 1.11. The summed E-state index contributed by atoms with van der Waals surface area (Å²) in [4.78, 5) is 19.2. The molecule has 2 heterocycles. The highest BCUT2D eigenvalue weighted by atomic mass is 79.9. The van der Waals surface area contributed by atoms with Crippen molar-refractivity contribution in [1.82, 2.24) is 9.97 Å². The van der Waals surface area contributed by atoms with Crippen LogP contribution in [0.2, 0.25) is 0 Å². The molecule has 0 aliphatic rings. The number of aromatic hydroxyl groups is 1. The van der Waals surface area contributed by atoms with E-state index in [0.717, 1.165) is 15.2 Å². The number of benzene rings is 2. The highest BCUT2D eigenvalue weighted by Crippen LogP contribution is 2.36. The zero-order valence-electron chi connectivity index (χ0n) is 12.8. The van der Waals surface area contributed by atoms with Gasteiger partial charge in [0, 0.05) is 21.4 Å². The molecule has 4 rings (SSSR count). The third-order valence-corrected chi connectivity index (χ3v) is 4.30. The molecule has 0 unspecified atom stereocenters. The van der Waals surface area contributed by atoms with E-state index in [1.54, 1.807) is 24.4 Å². The Morgan fingerprint density at radius 1 is 1.12 bits per heavy atom. The van der Waals surface area contributed by atoms with E-state index in [1.165, 1.54) is 0 Å². The van der Waals surface area contributed by atoms with Gasteiger partial charge in [-0.1, -0.05) is 40.2 Å². The van der Waals surface area contributed by atoms with Gasteiger partial charge in [-0.05, 0) is 29.7 Å². The van der Waals surface area contributed by atoms with E-state index in [4.69, 9.17) is 0 Å². The van der Waals surface area contributed by atoms with Gasteiger partial charge >= 0.3 is 5.91 Å². The van der Waals surface area contributed by atoms with Crippen molar-refractivity contribution in [2.24, 2.45) is 10.2 Å². The fourth-order valence-electron chi connectivity index (χ4n) is 2.58. The van der Waals surface area contributed by atoms with Gasteiger partial charge in [-0.15, -0.1) is 10.2 Å². The SMILES string of the molecule is O=C(N=Nc1c(O)[nH]c2ccc(Br)cc12)c1cc2ccccc2cn1. The van der Waals surface area contributed by atoms with Gasteiger partial charge in [-0.25, -0.2) is 0 Å². The molecular weight excluding hydrogens is 384 g/mol. The highest BCUT2D eigenvalue weighted by molar-refractivity contribution is 9.10. The molecular formula is C18H11BrN4O2. The third kappa shape index (κ3) is 2.89. The zero-order valence-corrected chi connectivity index (χ0v) is 14.4. The van der Waals surface area contributed by atoms with E-state index in [-0.39, 0.29) is 17.3 Å². The summed E-state index contributed by atoms with van der Waals surface area (Å²) in [6, 6.07) is 14.7.